The van der Waals surface area contributed by atoms with Crippen LogP contribution in [0.3, 0.4) is 0 Å². The molecular formula is C14H17F3N2O2. The SMILES string of the molecule is N[C@H](CC(=O)N1CCOCC1)Cc1cc(F)c(F)cc1F. The number of nitrogens with zero attached hydrogens (tertiary/aromatic N) is 1. The Kier molecular flexibility index (Phi) is 5.19. The summed E-state index contributed by atoms with van der Waals surface area (Å²) in [6.45, 7) is 1.98. The fourth-order valence-electron chi connectivity index (χ4n) is 2.24. The number of carbonyl (C=O) groups excluding carboxylic acids is 1. The van der Waals surface area contributed by atoms with Crippen LogP contribution in [0.15, 0.2) is 12.1 Å². The van der Waals surface area contributed by atoms with Crippen LogP contribution in [0.4, 0.5) is 13.2 Å². The Bertz CT molecular complexity index is 519. The van der Waals surface area contributed by atoms with Crippen molar-refractivity contribution < 1.29 is 22.7 Å². The van der Waals surface area contributed by atoms with Crippen LogP contribution in [-0.2, 0) is 16.0 Å². The lowest BCUT2D eigenvalue weighted by molar-refractivity contribution is -0.135. The molecule has 0 saturated carbocycles. The molecule has 21 heavy (non-hydrogen) atoms. The summed E-state index contributed by atoms with van der Waals surface area (Å²) in [7, 11) is 0. The van der Waals surface area contributed by atoms with Crippen LogP contribution in [0, 0.1) is 17.5 Å². The second kappa shape index (κ2) is 6.91. The molecule has 0 unspecified atom stereocenters. The number of hydrogen-bond acceptors (Lipinski definition) is 3. The quantitative estimate of drug-likeness (QED) is 0.851. The Hall–Kier alpha value is -1.60. The van der Waals surface area contributed by atoms with E-state index in [0.717, 1.165) is 6.07 Å². The predicted molar refractivity (Wildman–Crippen MR) is 70.0 cm³/mol. The van der Waals surface area contributed by atoms with Gasteiger partial charge in [0, 0.05) is 31.6 Å². The van der Waals surface area contributed by atoms with E-state index in [4.69, 9.17) is 10.5 Å². The van der Waals surface area contributed by atoms with E-state index >= 15 is 0 Å². The molecule has 0 radical (unpaired) electrons. The molecule has 0 aromatic heterocycles. The summed E-state index contributed by atoms with van der Waals surface area (Å²) in [6, 6.07) is 0.616. The number of rotatable bonds is 4. The van der Waals surface area contributed by atoms with Gasteiger partial charge in [-0.05, 0) is 18.1 Å². The van der Waals surface area contributed by atoms with Gasteiger partial charge in [-0.3, -0.25) is 4.79 Å². The molecule has 1 aliphatic heterocycles. The Morgan fingerprint density at radius 2 is 1.81 bits per heavy atom. The van der Waals surface area contributed by atoms with Gasteiger partial charge in [0.1, 0.15) is 5.82 Å². The highest BCUT2D eigenvalue weighted by molar-refractivity contribution is 5.76. The third-order valence-corrected chi connectivity index (χ3v) is 3.37. The number of halogens is 3. The number of carbonyl (C=O) groups is 1. The van der Waals surface area contributed by atoms with Crippen molar-refractivity contribution >= 4 is 5.91 Å². The summed E-state index contributed by atoms with van der Waals surface area (Å²) < 4.78 is 44.6. The average Bonchev–Trinajstić information content (AvgIpc) is 2.45. The van der Waals surface area contributed by atoms with Crippen molar-refractivity contribution in [3.8, 4) is 0 Å². The fourth-order valence-corrected chi connectivity index (χ4v) is 2.24. The van der Waals surface area contributed by atoms with Gasteiger partial charge in [0.05, 0.1) is 13.2 Å². The predicted octanol–water partition coefficient (Wildman–Crippen LogP) is 1.22. The van der Waals surface area contributed by atoms with Gasteiger partial charge in [0.15, 0.2) is 11.6 Å². The summed E-state index contributed by atoms with van der Waals surface area (Å²) in [5.74, 6) is -3.37. The van der Waals surface area contributed by atoms with Crippen LogP contribution < -0.4 is 5.73 Å². The standard InChI is InChI=1S/C14H17F3N2O2/c15-11-8-13(17)12(16)6-9(11)5-10(18)7-14(20)19-1-3-21-4-2-19/h6,8,10H,1-5,7,18H2/t10-/m0/s1. The number of benzene rings is 1. The monoisotopic (exact) mass is 302 g/mol. The lowest BCUT2D eigenvalue weighted by atomic mass is 10.0. The number of morpholine rings is 1. The zero-order valence-electron chi connectivity index (χ0n) is 11.4. The van der Waals surface area contributed by atoms with Crippen LogP contribution in [-0.4, -0.2) is 43.2 Å². The molecule has 4 nitrogen and oxygen atoms in total. The fraction of sp³-hybridized carbons (Fsp3) is 0.500. The molecule has 116 valence electrons. The molecule has 1 amide bonds. The number of hydrogen-bond donors (Lipinski definition) is 1. The maximum atomic E-state index is 13.5. The van der Waals surface area contributed by atoms with E-state index < -0.39 is 23.5 Å². The molecule has 1 aromatic rings. The Labute approximate surface area is 120 Å². The third-order valence-electron chi connectivity index (χ3n) is 3.37. The van der Waals surface area contributed by atoms with E-state index in [-0.39, 0.29) is 24.3 Å². The van der Waals surface area contributed by atoms with E-state index in [9.17, 15) is 18.0 Å². The molecule has 1 saturated heterocycles. The van der Waals surface area contributed by atoms with Crippen molar-refractivity contribution in [2.24, 2.45) is 5.73 Å². The molecule has 1 heterocycles. The summed E-state index contributed by atoms with van der Waals surface area (Å²) in [5.41, 5.74) is 5.78. The smallest absolute Gasteiger partial charge is 0.224 e. The summed E-state index contributed by atoms with van der Waals surface area (Å²) in [4.78, 5) is 13.6. The van der Waals surface area contributed by atoms with Crippen LogP contribution in [0.5, 0.6) is 0 Å². The van der Waals surface area contributed by atoms with Crippen molar-refractivity contribution in [1.29, 1.82) is 0 Å². The van der Waals surface area contributed by atoms with E-state index in [0.29, 0.717) is 32.4 Å². The van der Waals surface area contributed by atoms with E-state index in [2.05, 4.69) is 0 Å². The second-order valence-electron chi connectivity index (χ2n) is 5.02. The molecule has 0 spiro atoms. The molecule has 2 N–H and O–H groups in total. The number of ether oxygens (including phenoxy) is 1. The highest BCUT2D eigenvalue weighted by Gasteiger charge is 2.20. The highest BCUT2D eigenvalue weighted by Crippen LogP contribution is 2.16. The van der Waals surface area contributed by atoms with Crippen LogP contribution >= 0.6 is 0 Å². The minimum absolute atomic E-state index is 0.0262. The van der Waals surface area contributed by atoms with Crippen molar-refractivity contribution in [1.82, 2.24) is 4.90 Å². The number of nitrogens with two attached hydrogens (primary N) is 1. The first-order valence-electron chi connectivity index (χ1n) is 6.72. The van der Waals surface area contributed by atoms with Gasteiger partial charge in [0.25, 0.3) is 0 Å². The largest absolute Gasteiger partial charge is 0.378 e. The lowest BCUT2D eigenvalue weighted by Gasteiger charge is -2.27. The summed E-state index contributed by atoms with van der Waals surface area (Å²) in [6.07, 6.45) is -0.00243. The van der Waals surface area contributed by atoms with Crippen LogP contribution in [0.2, 0.25) is 0 Å². The van der Waals surface area contributed by atoms with Gasteiger partial charge in [-0.1, -0.05) is 0 Å². The minimum atomic E-state index is -1.24. The Morgan fingerprint density at radius 3 is 2.48 bits per heavy atom. The van der Waals surface area contributed by atoms with Crippen molar-refractivity contribution in [3.05, 3.63) is 35.1 Å². The first kappa shape index (κ1) is 15.8. The highest BCUT2D eigenvalue weighted by atomic mass is 19.2. The van der Waals surface area contributed by atoms with E-state index in [1.54, 1.807) is 4.90 Å². The zero-order valence-corrected chi connectivity index (χ0v) is 11.4. The van der Waals surface area contributed by atoms with Crippen molar-refractivity contribution in [3.63, 3.8) is 0 Å². The second-order valence-corrected chi connectivity index (χ2v) is 5.02. The van der Waals surface area contributed by atoms with E-state index in [1.165, 1.54) is 0 Å². The maximum absolute atomic E-state index is 13.5. The average molecular weight is 302 g/mol. The molecule has 0 bridgehead atoms. The van der Waals surface area contributed by atoms with E-state index in [1.807, 2.05) is 0 Å². The zero-order chi connectivity index (χ0) is 15.4. The molecule has 2 rings (SSSR count). The molecule has 7 heteroatoms. The molecule has 1 fully saturated rings. The first-order valence-corrected chi connectivity index (χ1v) is 6.72. The first-order chi connectivity index (χ1) is 9.97. The van der Waals surface area contributed by atoms with Gasteiger partial charge in [-0.25, -0.2) is 13.2 Å². The topological polar surface area (TPSA) is 55.6 Å². The maximum Gasteiger partial charge on any atom is 0.224 e. The normalized spacial score (nSPS) is 16.9. The van der Waals surface area contributed by atoms with Gasteiger partial charge in [0.2, 0.25) is 5.91 Å². The van der Waals surface area contributed by atoms with Gasteiger partial charge < -0.3 is 15.4 Å². The molecule has 1 aliphatic rings. The lowest BCUT2D eigenvalue weighted by Crippen LogP contribution is -2.43. The molecule has 1 aromatic carbocycles. The molecule has 1 atom stereocenters. The Balaban J connectivity index is 1.93. The summed E-state index contributed by atoms with van der Waals surface area (Å²) in [5, 5.41) is 0. The third kappa shape index (κ3) is 4.18. The molecule has 0 aliphatic carbocycles. The summed E-state index contributed by atoms with van der Waals surface area (Å²) >= 11 is 0. The van der Waals surface area contributed by atoms with Gasteiger partial charge >= 0.3 is 0 Å². The Morgan fingerprint density at radius 1 is 1.19 bits per heavy atom. The van der Waals surface area contributed by atoms with Crippen LogP contribution in [0.25, 0.3) is 0 Å². The van der Waals surface area contributed by atoms with Gasteiger partial charge in [-0.15, -0.1) is 0 Å². The minimum Gasteiger partial charge on any atom is -0.378 e. The van der Waals surface area contributed by atoms with Crippen molar-refractivity contribution in [2.75, 3.05) is 26.3 Å². The number of amides is 1. The van der Waals surface area contributed by atoms with Gasteiger partial charge in [-0.2, -0.15) is 0 Å². The van der Waals surface area contributed by atoms with Crippen LogP contribution in [0.1, 0.15) is 12.0 Å². The van der Waals surface area contributed by atoms with Crippen molar-refractivity contribution in [2.45, 2.75) is 18.9 Å². The molecular weight excluding hydrogens is 285 g/mol.